The lowest BCUT2D eigenvalue weighted by Gasteiger charge is -2.26. The summed E-state index contributed by atoms with van der Waals surface area (Å²) >= 11 is 3.55. The SMILES string of the molecule is Cc1cc(Br)c2c(c1)C(=O)OC(c1ccccc1)C2. The van der Waals surface area contributed by atoms with Crippen LogP contribution in [0.15, 0.2) is 46.9 Å². The van der Waals surface area contributed by atoms with Gasteiger partial charge in [-0.25, -0.2) is 4.79 Å². The van der Waals surface area contributed by atoms with Crippen LogP contribution in [0.1, 0.15) is 33.2 Å². The Morgan fingerprint density at radius 1 is 1.21 bits per heavy atom. The number of fused-ring (bicyclic) bond motifs is 1. The molecule has 1 aliphatic heterocycles. The molecule has 2 aromatic rings. The van der Waals surface area contributed by atoms with Gasteiger partial charge in [0.15, 0.2) is 0 Å². The van der Waals surface area contributed by atoms with Crippen molar-refractivity contribution in [2.45, 2.75) is 19.4 Å². The molecule has 1 heterocycles. The molecule has 96 valence electrons. The average molecular weight is 317 g/mol. The molecule has 19 heavy (non-hydrogen) atoms. The number of carbonyl (C=O) groups is 1. The van der Waals surface area contributed by atoms with Gasteiger partial charge in [0, 0.05) is 10.9 Å². The molecule has 0 fully saturated rings. The summed E-state index contributed by atoms with van der Waals surface area (Å²) < 4.78 is 6.54. The van der Waals surface area contributed by atoms with E-state index in [1.54, 1.807) is 0 Å². The van der Waals surface area contributed by atoms with Gasteiger partial charge < -0.3 is 4.74 Å². The van der Waals surface area contributed by atoms with Crippen LogP contribution in [0.5, 0.6) is 0 Å². The number of hydrogen-bond donors (Lipinski definition) is 0. The van der Waals surface area contributed by atoms with Gasteiger partial charge in [0.1, 0.15) is 6.10 Å². The Labute approximate surface area is 120 Å². The molecule has 1 unspecified atom stereocenters. The molecule has 0 radical (unpaired) electrons. The van der Waals surface area contributed by atoms with E-state index in [0.29, 0.717) is 12.0 Å². The standard InChI is InChI=1S/C16H13BrO2/c1-10-7-13-12(14(17)8-10)9-15(19-16(13)18)11-5-3-2-4-6-11/h2-8,15H,9H2,1H3. The largest absolute Gasteiger partial charge is 0.454 e. The van der Waals surface area contributed by atoms with Crippen molar-refractivity contribution in [2.75, 3.05) is 0 Å². The molecule has 0 aliphatic carbocycles. The summed E-state index contributed by atoms with van der Waals surface area (Å²) in [4.78, 5) is 12.1. The van der Waals surface area contributed by atoms with Crippen LogP contribution in [0.25, 0.3) is 0 Å². The van der Waals surface area contributed by atoms with Crippen LogP contribution in [0.3, 0.4) is 0 Å². The van der Waals surface area contributed by atoms with Crippen LogP contribution in [-0.4, -0.2) is 5.97 Å². The maximum atomic E-state index is 12.1. The summed E-state index contributed by atoms with van der Waals surface area (Å²) in [5.41, 5.74) is 3.81. The van der Waals surface area contributed by atoms with Crippen molar-refractivity contribution in [3.05, 3.63) is 69.2 Å². The van der Waals surface area contributed by atoms with Crippen molar-refractivity contribution in [1.82, 2.24) is 0 Å². The van der Waals surface area contributed by atoms with E-state index in [-0.39, 0.29) is 12.1 Å². The Morgan fingerprint density at radius 3 is 2.68 bits per heavy atom. The van der Waals surface area contributed by atoms with Crippen molar-refractivity contribution in [1.29, 1.82) is 0 Å². The maximum absolute atomic E-state index is 12.1. The number of aryl methyl sites for hydroxylation is 1. The molecule has 1 atom stereocenters. The maximum Gasteiger partial charge on any atom is 0.339 e. The van der Waals surface area contributed by atoms with Crippen LogP contribution in [-0.2, 0) is 11.2 Å². The van der Waals surface area contributed by atoms with Gasteiger partial charge >= 0.3 is 5.97 Å². The Balaban J connectivity index is 2.03. The third kappa shape index (κ3) is 2.30. The van der Waals surface area contributed by atoms with Crippen LogP contribution >= 0.6 is 15.9 Å². The molecular formula is C16H13BrO2. The molecule has 0 bridgehead atoms. The van der Waals surface area contributed by atoms with Crippen LogP contribution in [0.4, 0.5) is 0 Å². The topological polar surface area (TPSA) is 26.3 Å². The van der Waals surface area contributed by atoms with E-state index >= 15 is 0 Å². The number of carbonyl (C=O) groups excluding carboxylic acids is 1. The van der Waals surface area contributed by atoms with Crippen molar-refractivity contribution in [2.24, 2.45) is 0 Å². The minimum absolute atomic E-state index is 0.194. The highest BCUT2D eigenvalue weighted by atomic mass is 79.9. The number of esters is 1. The van der Waals surface area contributed by atoms with Gasteiger partial charge in [-0.3, -0.25) is 0 Å². The number of rotatable bonds is 1. The van der Waals surface area contributed by atoms with Gasteiger partial charge in [0.2, 0.25) is 0 Å². The summed E-state index contributed by atoms with van der Waals surface area (Å²) in [5.74, 6) is -0.237. The predicted octanol–water partition coefficient (Wildman–Crippen LogP) is 4.21. The quantitative estimate of drug-likeness (QED) is 0.737. The van der Waals surface area contributed by atoms with Gasteiger partial charge in [-0.05, 0) is 35.7 Å². The highest BCUT2D eigenvalue weighted by Gasteiger charge is 2.29. The fraction of sp³-hybridized carbons (Fsp3) is 0.188. The molecular weight excluding hydrogens is 304 g/mol. The smallest absolute Gasteiger partial charge is 0.339 e. The summed E-state index contributed by atoms with van der Waals surface area (Å²) in [6.45, 7) is 1.97. The minimum Gasteiger partial charge on any atom is -0.454 e. The van der Waals surface area contributed by atoms with Crippen molar-refractivity contribution in [3.63, 3.8) is 0 Å². The molecule has 0 saturated heterocycles. The second-order valence-electron chi connectivity index (χ2n) is 4.78. The third-order valence-electron chi connectivity index (χ3n) is 3.37. The van der Waals surface area contributed by atoms with Gasteiger partial charge in [-0.1, -0.05) is 46.3 Å². The van der Waals surface area contributed by atoms with E-state index in [1.165, 1.54) is 0 Å². The zero-order valence-electron chi connectivity index (χ0n) is 10.5. The fourth-order valence-electron chi connectivity index (χ4n) is 2.44. The summed E-state index contributed by atoms with van der Waals surface area (Å²) in [5, 5.41) is 0. The van der Waals surface area contributed by atoms with E-state index in [4.69, 9.17) is 4.74 Å². The van der Waals surface area contributed by atoms with E-state index in [2.05, 4.69) is 15.9 Å². The fourth-order valence-corrected chi connectivity index (χ4v) is 3.17. The third-order valence-corrected chi connectivity index (χ3v) is 4.08. The highest BCUT2D eigenvalue weighted by molar-refractivity contribution is 9.10. The van der Waals surface area contributed by atoms with Crippen molar-refractivity contribution >= 4 is 21.9 Å². The van der Waals surface area contributed by atoms with Crippen LogP contribution in [0.2, 0.25) is 0 Å². The van der Waals surface area contributed by atoms with E-state index in [0.717, 1.165) is 21.2 Å². The number of cyclic esters (lactones) is 1. The Morgan fingerprint density at radius 2 is 1.95 bits per heavy atom. The number of halogens is 1. The normalized spacial score (nSPS) is 17.8. The zero-order chi connectivity index (χ0) is 13.4. The van der Waals surface area contributed by atoms with Crippen LogP contribution < -0.4 is 0 Å². The Kier molecular flexibility index (Phi) is 3.15. The number of hydrogen-bond acceptors (Lipinski definition) is 2. The number of benzene rings is 2. The first kappa shape index (κ1) is 12.4. The average Bonchev–Trinajstić information content (AvgIpc) is 2.41. The molecule has 3 rings (SSSR count). The molecule has 3 heteroatoms. The van der Waals surface area contributed by atoms with Crippen molar-refractivity contribution < 1.29 is 9.53 Å². The zero-order valence-corrected chi connectivity index (χ0v) is 12.1. The van der Waals surface area contributed by atoms with Gasteiger partial charge in [-0.2, -0.15) is 0 Å². The summed E-state index contributed by atoms with van der Waals surface area (Å²) in [6.07, 6.45) is 0.520. The van der Waals surface area contributed by atoms with E-state index in [1.807, 2.05) is 49.4 Å². The molecule has 2 nitrogen and oxygen atoms in total. The summed E-state index contributed by atoms with van der Waals surface area (Å²) in [6, 6.07) is 13.8. The predicted molar refractivity (Wildman–Crippen MR) is 77.2 cm³/mol. The lowest BCUT2D eigenvalue weighted by Crippen LogP contribution is -2.22. The molecule has 0 saturated carbocycles. The summed E-state index contributed by atoms with van der Waals surface area (Å²) in [7, 11) is 0. The molecule has 1 aliphatic rings. The lowest BCUT2D eigenvalue weighted by molar-refractivity contribution is 0.0252. The molecule has 0 amide bonds. The number of ether oxygens (including phenoxy) is 1. The second-order valence-corrected chi connectivity index (χ2v) is 5.64. The first-order chi connectivity index (χ1) is 9.15. The van der Waals surface area contributed by atoms with E-state index in [9.17, 15) is 4.79 Å². The Hall–Kier alpha value is -1.61. The van der Waals surface area contributed by atoms with Gasteiger partial charge in [0.05, 0.1) is 5.56 Å². The Bertz CT molecular complexity index is 635. The first-order valence-electron chi connectivity index (χ1n) is 6.20. The minimum atomic E-state index is -0.237. The highest BCUT2D eigenvalue weighted by Crippen LogP contribution is 2.35. The lowest BCUT2D eigenvalue weighted by atomic mass is 9.93. The molecule has 0 N–H and O–H groups in total. The van der Waals surface area contributed by atoms with Gasteiger partial charge in [0.25, 0.3) is 0 Å². The van der Waals surface area contributed by atoms with Crippen molar-refractivity contribution in [3.8, 4) is 0 Å². The van der Waals surface area contributed by atoms with E-state index < -0.39 is 0 Å². The molecule has 0 spiro atoms. The second kappa shape index (κ2) is 4.82. The molecule has 2 aromatic carbocycles. The molecule has 0 aromatic heterocycles. The van der Waals surface area contributed by atoms with Gasteiger partial charge in [-0.15, -0.1) is 0 Å². The monoisotopic (exact) mass is 316 g/mol. The van der Waals surface area contributed by atoms with Crippen LogP contribution in [0, 0.1) is 6.92 Å². The first-order valence-corrected chi connectivity index (χ1v) is 6.99.